The van der Waals surface area contributed by atoms with Gasteiger partial charge in [0.15, 0.2) is 11.5 Å². The molecule has 0 aliphatic carbocycles. The highest BCUT2D eigenvalue weighted by molar-refractivity contribution is 5.85. The van der Waals surface area contributed by atoms with Crippen LogP contribution in [0.4, 0.5) is 0 Å². The zero-order valence-corrected chi connectivity index (χ0v) is 13.1. The van der Waals surface area contributed by atoms with Crippen molar-refractivity contribution in [1.82, 2.24) is 10.2 Å². The number of nitrogens with one attached hydrogen (secondary N) is 1. The quantitative estimate of drug-likeness (QED) is 0.873. The lowest BCUT2D eigenvalue weighted by Crippen LogP contribution is -2.50. The van der Waals surface area contributed by atoms with Gasteiger partial charge in [-0.1, -0.05) is 12.1 Å². The molecule has 1 aromatic rings. The van der Waals surface area contributed by atoms with Gasteiger partial charge in [0.05, 0.1) is 6.61 Å². The van der Waals surface area contributed by atoms with Gasteiger partial charge in [-0.2, -0.15) is 0 Å². The first-order valence-electron chi connectivity index (χ1n) is 7.10. The van der Waals surface area contributed by atoms with Crippen molar-refractivity contribution in [2.45, 2.75) is 19.9 Å². The number of para-hydroxylation sites is 2. The first-order valence-corrected chi connectivity index (χ1v) is 7.10. The summed E-state index contributed by atoms with van der Waals surface area (Å²) in [4.78, 5) is 2.46. The van der Waals surface area contributed by atoms with Gasteiger partial charge < -0.3 is 14.8 Å². The molecule has 1 unspecified atom stereocenters. The smallest absolute Gasteiger partial charge is 0.161 e. The number of piperazine rings is 1. The van der Waals surface area contributed by atoms with Gasteiger partial charge >= 0.3 is 0 Å². The molecular weight excluding hydrogens is 276 g/mol. The van der Waals surface area contributed by atoms with Gasteiger partial charge in [0, 0.05) is 32.2 Å². The number of hydrogen-bond donors (Lipinski definition) is 1. The highest BCUT2D eigenvalue weighted by atomic mass is 35.5. The van der Waals surface area contributed by atoms with E-state index in [9.17, 15) is 0 Å². The van der Waals surface area contributed by atoms with Crippen LogP contribution in [0.1, 0.15) is 13.8 Å². The predicted octanol–water partition coefficient (Wildman–Crippen LogP) is 2.18. The Kier molecular flexibility index (Phi) is 7.73. The van der Waals surface area contributed by atoms with Crippen LogP contribution in [0.2, 0.25) is 0 Å². The molecule has 1 heterocycles. The molecule has 1 N–H and O–H groups in total. The molecule has 0 amide bonds. The summed E-state index contributed by atoms with van der Waals surface area (Å²) in [5.41, 5.74) is 0. The van der Waals surface area contributed by atoms with Crippen LogP contribution in [-0.4, -0.2) is 50.3 Å². The van der Waals surface area contributed by atoms with Crippen LogP contribution < -0.4 is 14.8 Å². The number of nitrogens with zero attached hydrogens (tertiary/aromatic N) is 1. The van der Waals surface area contributed by atoms with Crippen molar-refractivity contribution in [2.24, 2.45) is 0 Å². The Balaban J connectivity index is 0.00000200. The maximum absolute atomic E-state index is 5.85. The molecule has 5 heteroatoms. The number of benzene rings is 1. The van der Waals surface area contributed by atoms with Crippen LogP contribution in [-0.2, 0) is 0 Å². The summed E-state index contributed by atoms with van der Waals surface area (Å²) in [7, 11) is 0. The van der Waals surface area contributed by atoms with Crippen molar-refractivity contribution in [3.63, 3.8) is 0 Å². The summed E-state index contributed by atoms with van der Waals surface area (Å²) in [6, 6.07) is 8.44. The minimum Gasteiger partial charge on any atom is -0.490 e. The molecule has 0 saturated carbocycles. The molecule has 1 atom stereocenters. The standard InChI is InChI=1S/C15H24N2O2.ClH/c1-3-18-14-6-4-5-7-15(14)19-11-10-17-9-8-16-12-13(17)2;/h4-7,13,16H,3,8-12H2,1-2H3;1H. The van der Waals surface area contributed by atoms with Gasteiger partial charge in [-0.15, -0.1) is 12.4 Å². The van der Waals surface area contributed by atoms with Crippen molar-refractivity contribution in [2.75, 3.05) is 39.4 Å². The van der Waals surface area contributed by atoms with Crippen molar-refractivity contribution < 1.29 is 9.47 Å². The first kappa shape index (κ1) is 17.1. The van der Waals surface area contributed by atoms with Gasteiger partial charge in [0.1, 0.15) is 6.61 Å². The third kappa shape index (κ3) is 4.85. The Labute approximate surface area is 127 Å². The predicted molar refractivity (Wildman–Crippen MR) is 84.3 cm³/mol. The number of halogens is 1. The summed E-state index contributed by atoms with van der Waals surface area (Å²) < 4.78 is 11.4. The van der Waals surface area contributed by atoms with E-state index >= 15 is 0 Å². The summed E-state index contributed by atoms with van der Waals surface area (Å²) in [6.07, 6.45) is 0. The normalized spacial score (nSPS) is 19.2. The van der Waals surface area contributed by atoms with E-state index in [0.29, 0.717) is 19.3 Å². The fourth-order valence-electron chi connectivity index (χ4n) is 2.33. The summed E-state index contributed by atoms with van der Waals surface area (Å²) in [5.74, 6) is 1.67. The largest absolute Gasteiger partial charge is 0.490 e. The second kappa shape index (κ2) is 9.06. The van der Waals surface area contributed by atoms with Crippen molar-refractivity contribution in [3.8, 4) is 11.5 Å². The summed E-state index contributed by atoms with van der Waals surface area (Å²) in [5, 5.41) is 3.40. The second-order valence-electron chi connectivity index (χ2n) is 4.82. The van der Waals surface area contributed by atoms with Crippen LogP contribution in [0.5, 0.6) is 11.5 Å². The SMILES string of the molecule is CCOc1ccccc1OCCN1CCNCC1C.Cl. The number of rotatable bonds is 6. The van der Waals surface area contributed by atoms with Crippen molar-refractivity contribution in [3.05, 3.63) is 24.3 Å². The Bertz CT molecular complexity index is 390. The maximum Gasteiger partial charge on any atom is 0.161 e. The average molecular weight is 301 g/mol. The zero-order chi connectivity index (χ0) is 13.5. The lowest BCUT2D eigenvalue weighted by molar-refractivity contribution is 0.141. The molecule has 1 aliphatic rings. The third-order valence-corrected chi connectivity index (χ3v) is 3.42. The van der Waals surface area contributed by atoms with E-state index < -0.39 is 0 Å². The van der Waals surface area contributed by atoms with Crippen LogP contribution in [0.3, 0.4) is 0 Å². The Hall–Kier alpha value is -0.970. The van der Waals surface area contributed by atoms with Crippen LogP contribution in [0, 0.1) is 0 Å². The lowest BCUT2D eigenvalue weighted by atomic mass is 10.2. The van der Waals surface area contributed by atoms with Gasteiger partial charge in [0.2, 0.25) is 0 Å². The van der Waals surface area contributed by atoms with Gasteiger partial charge in [-0.25, -0.2) is 0 Å². The van der Waals surface area contributed by atoms with E-state index in [2.05, 4.69) is 17.1 Å². The minimum absolute atomic E-state index is 0. The van der Waals surface area contributed by atoms with E-state index in [0.717, 1.165) is 37.7 Å². The van der Waals surface area contributed by atoms with Gasteiger partial charge in [0.25, 0.3) is 0 Å². The second-order valence-corrected chi connectivity index (χ2v) is 4.82. The van der Waals surface area contributed by atoms with E-state index in [-0.39, 0.29) is 12.4 Å². The van der Waals surface area contributed by atoms with Gasteiger partial charge in [-0.3, -0.25) is 4.90 Å². The van der Waals surface area contributed by atoms with Gasteiger partial charge in [-0.05, 0) is 26.0 Å². The molecule has 0 spiro atoms. The third-order valence-electron chi connectivity index (χ3n) is 3.42. The molecule has 1 aromatic carbocycles. The fourth-order valence-corrected chi connectivity index (χ4v) is 2.33. The molecule has 0 radical (unpaired) electrons. The molecule has 1 saturated heterocycles. The van der Waals surface area contributed by atoms with Crippen molar-refractivity contribution in [1.29, 1.82) is 0 Å². The molecule has 1 fully saturated rings. The molecule has 114 valence electrons. The molecular formula is C15H25ClN2O2. The molecule has 0 aromatic heterocycles. The lowest BCUT2D eigenvalue weighted by Gasteiger charge is -2.33. The van der Waals surface area contributed by atoms with Crippen molar-refractivity contribution >= 4 is 12.4 Å². The molecule has 1 aliphatic heterocycles. The molecule has 20 heavy (non-hydrogen) atoms. The maximum atomic E-state index is 5.85. The molecule has 0 bridgehead atoms. The highest BCUT2D eigenvalue weighted by Crippen LogP contribution is 2.26. The monoisotopic (exact) mass is 300 g/mol. The van der Waals surface area contributed by atoms with Crippen LogP contribution in [0.25, 0.3) is 0 Å². The number of ether oxygens (including phenoxy) is 2. The fraction of sp³-hybridized carbons (Fsp3) is 0.600. The summed E-state index contributed by atoms with van der Waals surface area (Å²) in [6.45, 7) is 9.79. The van der Waals surface area contributed by atoms with E-state index in [1.54, 1.807) is 0 Å². The first-order chi connectivity index (χ1) is 9.31. The Morgan fingerprint density at radius 2 is 1.95 bits per heavy atom. The molecule has 4 nitrogen and oxygen atoms in total. The minimum atomic E-state index is 0. The summed E-state index contributed by atoms with van der Waals surface area (Å²) >= 11 is 0. The van der Waals surface area contributed by atoms with E-state index in [1.807, 2.05) is 31.2 Å². The Morgan fingerprint density at radius 3 is 2.60 bits per heavy atom. The van der Waals surface area contributed by atoms with Crippen LogP contribution >= 0.6 is 12.4 Å². The van der Waals surface area contributed by atoms with E-state index in [1.165, 1.54) is 0 Å². The topological polar surface area (TPSA) is 33.7 Å². The van der Waals surface area contributed by atoms with Crippen LogP contribution in [0.15, 0.2) is 24.3 Å². The number of hydrogen-bond acceptors (Lipinski definition) is 4. The highest BCUT2D eigenvalue weighted by Gasteiger charge is 2.17. The zero-order valence-electron chi connectivity index (χ0n) is 12.3. The molecule has 2 rings (SSSR count). The van der Waals surface area contributed by atoms with E-state index in [4.69, 9.17) is 9.47 Å². The average Bonchev–Trinajstić information content (AvgIpc) is 2.43. The Morgan fingerprint density at radius 1 is 1.25 bits per heavy atom.